The molecular weight excluding hydrogens is 200 g/mol. The maximum absolute atomic E-state index is 3.62. The molecule has 0 amide bonds. The number of quaternary nitrogens is 2. The first kappa shape index (κ1) is 10.5. The minimum atomic E-state index is 1.01. The van der Waals surface area contributed by atoms with Crippen molar-refractivity contribution in [2.24, 2.45) is 0 Å². The molecule has 0 aliphatic heterocycles. The number of hydrogen-bond acceptors (Lipinski definition) is 2. The monoisotopic (exact) mass is 216 g/mol. The molecule has 2 rings (SSSR count). The van der Waals surface area contributed by atoms with E-state index in [0.29, 0.717) is 0 Å². The van der Waals surface area contributed by atoms with Crippen LogP contribution in [0.3, 0.4) is 0 Å². The standard InChI is InChI=1S/C12H14N4/c13-15-11-5-1-9(2-6-11)10-3-7-12(16-14)8-4-10/h1-8,15-16H,13-14H2/p+2. The Balaban J connectivity index is 2.28. The van der Waals surface area contributed by atoms with E-state index in [1.165, 1.54) is 11.1 Å². The summed E-state index contributed by atoms with van der Waals surface area (Å²) in [5.74, 6) is 7.23. The van der Waals surface area contributed by atoms with Crippen molar-refractivity contribution in [3.8, 4) is 11.1 Å². The van der Waals surface area contributed by atoms with Gasteiger partial charge in [0, 0.05) is 0 Å². The maximum Gasteiger partial charge on any atom is 0.0848 e. The quantitative estimate of drug-likeness (QED) is 0.563. The summed E-state index contributed by atoms with van der Waals surface area (Å²) >= 11 is 0. The first-order valence-electron chi connectivity index (χ1n) is 5.10. The summed E-state index contributed by atoms with van der Waals surface area (Å²) in [4.78, 5) is 0. The molecule has 4 nitrogen and oxygen atoms in total. The van der Waals surface area contributed by atoms with Crippen molar-refractivity contribution in [1.82, 2.24) is 0 Å². The number of rotatable bonds is 3. The van der Waals surface area contributed by atoms with Gasteiger partial charge in [-0.3, -0.25) is 11.7 Å². The highest BCUT2D eigenvalue weighted by atomic mass is 15.2. The molecule has 0 spiro atoms. The average Bonchev–Trinajstić information content (AvgIpc) is 2.39. The van der Waals surface area contributed by atoms with Gasteiger partial charge in [-0.15, -0.1) is 0 Å². The van der Waals surface area contributed by atoms with E-state index in [1.54, 1.807) is 0 Å². The Morgan fingerprint density at radius 1 is 0.562 bits per heavy atom. The Hall–Kier alpha value is -2.04. The zero-order valence-electron chi connectivity index (χ0n) is 9.03. The zero-order valence-corrected chi connectivity index (χ0v) is 9.03. The first-order chi connectivity index (χ1) is 7.83. The third-order valence-electron chi connectivity index (χ3n) is 2.51. The van der Waals surface area contributed by atoms with Gasteiger partial charge >= 0.3 is 0 Å². The molecule has 0 fully saturated rings. The largest absolute Gasteiger partial charge is 0.258 e. The molecule has 0 unspecified atom stereocenters. The fourth-order valence-electron chi connectivity index (χ4n) is 1.56. The molecule has 16 heavy (non-hydrogen) atoms. The van der Waals surface area contributed by atoms with Crippen LogP contribution in [0.5, 0.6) is 0 Å². The molecule has 0 atom stereocenters. The lowest BCUT2D eigenvalue weighted by molar-refractivity contribution is -0.325. The Morgan fingerprint density at radius 3 is 1.12 bits per heavy atom. The van der Waals surface area contributed by atoms with Gasteiger partial charge in [0.05, 0.1) is 11.4 Å². The number of anilines is 2. The summed E-state index contributed by atoms with van der Waals surface area (Å²) < 4.78 is 0. The summed E-state index contributed by atoms with van der Waals surface area (Å²) in [7, 11) is 0. The minimum absolute atomic E-state index is 1.01. The van der Waals surface area contributed by atoms with Crippen LogP contribution in [0.4, 0.5) is 11.4 Å². The molecule has 82 valence electrons. The van der Waals surface area contributed by atoms with Crippen molar-refractivity contribution < 1.29 is 11.7 Å². The van der Waals surface area contributed by atoms with Gasteiger partial charge in [0.2, 0.25) is 0 Å². The van der Waals surface area contributed by atoms with Crippen molar-refractivity contribution in [2.45, 2.75) is 0 Å². The van der Waals surface area contributed by atoms with Gasteiger partial charge in [0.25, 0.3) is 0 Å². The van der Waals surface area contributed by atoms with Crippen LogP contribution < -0.4 is 22.5 Å². The third-order valence-corrected chi connectivity index (χ3v) is 2.51. The third kappa shape index (κ3) is 2.13. The number of nitrogens with one attached hydrogen (secondary N) is 2. The van der Waals surface area contributed by atoms with E-state index in [0.717, 1.165) is 11.4 Å². The number of hydrogen-bond donors (Lipinski definition) is 4. The highest BCUT2D eigenvalue weighted by Crippen LogP contribution is 2.22. The van der Waals surface area contributed by atoms with Gasteiger partial charge in [-0.1, -0.05) is 24.3 Å². The van der Waals surface area contributed by atoms with Crippen LogP contribution in [0.2, 0.25) is 0 Å². The van der Waals surface area contributed by atoms with E-state index in [-0.39, 0.29) is 0 Å². The van der Waals surface area contributed by atoms with Gasteiger partial charge in [-0.05, 0) is 35.4 Å². The summed E-state index contributed by atoms with van der Waals surface area (Å²) in [6.07, 6.45) is 0. The van der Waals surface area contributed by atoms with Crippen LogP contribution in [-0.2, 0) is 0 Å². The molecule has 0 saturated heterocycles. The fourth-order valence-corrected chi connectivity index (χ4v) is 1.56. The van der Waals surface area contributed by atoms with E-state index in [9.17, 15) is 0 Å². The molecule has 0 aliphatic rings. The van der Waals surface area contributed by atoms with Gasteiger partial charge in [0.15, 0.2) is 0 Å². The van der Waals surface area contributed by atoms with Crippen molar-refractivity contribution in [1.29, 1.82) is 0 Å². The lowest BCUT2D eigenvalue weighted by atomic mass is 10.1. The predicted octanol–water partition coefficient (Wildman–Crippen LogP) is 0.491. The normalized spacial score (nSPS) is 9.88. The van der Waals surface area contributed by atoms with Gasteiger partial charge in [-0.25, -0.2) is 10.9 Å². The van der Waals surface area contributed by atoms with Crippen LogP contribution in [-0.4, -0.2) is 0 Å². The van der Waals surface area contributed by atoms with E-state index < -0.39 is 0 Å². The van der Waals surface area contributed by atoms with Crippen LogP contribution in [0.15, 0.2) is 48.5 Å². The second-order valence-corrected chi connectivity index (χ2v) is 3.51. The smallest absolute Gasteiger partial charge is 0.0848 e. The summed E-state index contributed by atoms with van der Waals surface area (Å²) in [5.41, 5.74) is 10.1. The van der Waals surface area contributed by atoms with E-state index in [4.69, 9.17) is 0 Å². The topological polar surface area (TPSA) is 79.3 Å². The minimum Gasteiger partial charge on any atom is -0.258 e. The maximum atomic E-state index is 3.62. The molecule has 0 bridgehead atoms. The predicted molar refractivity (Wildman–Crippen MR) is 64.9 cm³/mol. The highest BCUT2D eigenvalue weighted by Gasteiger charge is 1.98. The van der Waals surface area contributed by atoms with Crippen LogP contribution in [0, 0.1) is 0 Å². The van der Waals surface area contributed by atoms with Gasteiger partial charge in [-0.2, -0.15) is 0 Å². The summed E-state index contributed by atoms with van der Waals surface area (Å²) in [6, 6.07) is 16.3. The van der Waals surface area contributed by atoms with E-state index in [1.807, 2.05) is 24.3 Å². The Kier molecular flexibility index (Phi) is 3.05. The van der Waals surface area contributed by atoms with Crippen molar-refractivity contribution in [3.05, 3.63) is 48.5 Å². The SMILES string of the molecule is [NH3+]Nc1ccc(-c2ccc(N[NH3+])cc2)cc1. The number of benzene rings is 2. The summed E-state index contributed by atoms with van der Waals surface area (Å²) in [5, 5.41) is 0. The first-order valence-corrected chi connectivity index (χ1v) is 5.10. The molecule has 0 heterocycles. The van der Waals surface area contributed by atoms with Gasteiger partial charge in [0.1, 0.15) is 0 Å². The van der Waals surface area contributed by atoms with Crippen molar-refractivity contribution >= 4 is 11.4 Å². The van der Waals surface area contributed by atoms with Crippen LogP contribution >= 0.6 is 0 Å². The highest BCUT2D eigenvalue weighted by molar-refractivity contribution is 5.67. The second kappa shape index (κ2) is 4.65. The van der Waals surface area contributed by atoms with E-state index >= 15 is 0 Å². The van der Waals surface area contributed by atoms with Crippen molar-refractivity contribution in [2.75, 3.05) is 10.9 Å². The molecular formula is C12H16N4+2. The summed E-state index contributed by atoms with van der Waals surface area (Å²) in [6.45, 7) is 0. The molecule has 0 radical (unpaired) electrons. The van der Waals surface area contributed by atoms with Gasteiger partial charge < -0.3 is 0 Å². The fraction of sp³-hybridized carbons (Fsp3) is 0. The molecule has 0 saturated carbocycles. The van der Waals surface area contributed by atoms with Crippen molar-refractivity contribution in [3.63, 3.8) is 0 Å². The zero-order chi connectivity index (χ0) is 11.4. The molecule has 0 aromatic heterocycles. The molecule has 0 aliphatic carbocycles. The lowest BCUT2D eigenvalue weighted by Crippen LogP contribution is -2.56. The second-order valence-electron chi connectivity index (χ2n) is 3.51. The Morgan fingerprint density at radius 2 is 0.875 bits per heavy atom. The lowest BCUT2D eigenvalue weighted by Gasteiger charge is -2.04. The molecule has 2 aromatic rings. The van der Waals surface area contributed by atoms with Crippen LogP contribution in [0.1, 0.15) is 0 Å². The molecule has 2 aromatic carbocycles. The molecule has 4 heteroatoms. The molecule has 8 N–H and O–H groups in total. The Labute approximate surface area is 94.2 Å². The Bertz CT molecular complexity index is 402. The average molecular weight is 216 g/mol. The van der Waals surface area contributed by atoms with E-state index in [2.05, 4.69) is 46.8 Å². The van der Waals surface area contributed by atoms with Crippen LogP contribution in [0.25, 0.3) is 11.1 Å².